The molecule has 1 aromatic heterocycles. The van der Waals surface area contributed by atoms with Gasteiger partial charge in [0.2, 0.25) is 0 Å². The largest absolute Gasteiger partial charge is 0.506 e. The van der Waals surface area contributed by atoms with Gasteiger partial charge in [0.05, 0.1) is 5.52 Å². The Morgan fingerprint density at radius 1 is 1.24 bits per heavy atom. The molecule has 0 unspecified atom stereocenters. The summed E-state index contributed by atoms with van der Waals surface area (Å²) in [5.41, 5.74) is 0.942. The standard InChI is InChI=1S/C8H6BrNO.C8H16O2/c9-5-1-2-6-7(3-5)10-4-8(6)11;1-2-3-4-5-6-7-8(9)10/h1-4,10-11H;2-7H2,1H3,(H,9,10). The maximum Gasteiger partial charge on any atom is 0.303 e. The minimum absolute atomic E-state index is 0.299. The number of carboxylic acids is 1. The zero-order valence-electron chi connectivity index (χ0n) is 12.2. The maximum atomic E-state index is 10.0. The molecule has 3 N–H and O–H groups in total. The van der Waals surface area contributed by atoms with Crippen LogP contribution in [0, 0.1) is 0 Å². The van der Waals surface area contributed by atoms with Crippen molar-refractivity contribution in [3.63, 3.8) is 0 Å². The summed E-state index contributed by atoms with van der Waals surface area (Å²) in [6.07, 6.45) is 7.47. The van der Waals surface area contributed by atoms with Crippen molar-refractivity contribution in [3.05, 3.63) is 28.9 Å². The summed E-state index contributed by atoms with van der Waals surface area (Å²) in [4.78, 5) is 13.0. The number of H-pyrrole nitrogens is 1. The van der Waals surface area contributed by atoms with Gasteiger partial charge in [-0.15, -0.1) is 0 Å². The fraction of sp³-hybridized carbons (Fsp3) is 0.438. The number of aliphatic carboxylic acids is 1. The van der Waals surface area contributed by atoms with Crippen LogP contribution in [0.1, 0.15) is 45.4 Å². The molecule has 5 heteroatoms. The van der Waals surface area contributed by atoms with Crippen molar-refractivity contribution in [1.82, 2.24) is 4.98 Å². The molecule has 0 bridgehead atoms. The zero-order valence-corrected chi connectivity index (χ0v) is 13.8. The predicted molar refractivity (Wildman–Crippen MR) is 88.7 cm³/mol. The Morgan fingerprint density at radius 3 is 2.62 bits per heavy atom. The molecule has 0 aliphatic rings. The van der Waals surface area contributed by atoms with Crippen LogP contribution in [0.15, 0.2) is 28.9 Å². The van der Waals surface area contributed by atoms with Gasteiger partial charge in [0.1, 0.15) is 5.75 Å². The summed E-state index contributed by atoms with van der Waals surface area (Å²) in [5.74, 6) is -0.371. The van der Waals surface area contributed by atoms with Crippen LogP contribution in [-0.2, 0) is 4.79 Å². The van der Waals surface area contributed by atoms with E-state index in [2.05, 4.69) is 27.8 Å². The molecule has 4 nitrogen and oxygen atoms in total. The second-order valence-corrected chi connectivity index (χ2v) is 5.84. The lowest BCUT2D eigenvalue weighted by atomic mass is 10.1. The van der Waals surface area contributed by atoms with Crippen molar-refractivity contribution in [2.75, 3.05) is 0 Å². The number of carbonyl (C=O) groups is 1. The van der Waals surface area contributed by atoms with Crippen molar-refractivity contribution >= 4 is 32.8 Å². The normalized spacial score (nSPS) is 10.2. The van der Waals surface area contributed by atoms with E-state index in [9.17, 15) is 9.90 Å². The zero-order chi connectivity index (χ0) is 15.7. The van der Waals surface area contributed by atoms with Gasteiger partial charge >= 0.3 is 5.97 Å². The van der Waals surface area contributed by atoms with E-state index < -0.39 is 5.97 Å². The highest BCUT2D eigenvalue weighted by molar-refractivity contribution is 9.10. The summed E-state index contributed by atoms with van der Waals surface area (Å²) in [7, 11) is 0. The summed E-state index contributed by atoms with van der Waals surface area (Å²) in [5, 5.41) is 18.4. The Labute approximate surface area is 133 Å². The maximum absolute atomic E-state index is 10.0. The number of nitrogens with one attached hydrogen (secondary N) is 1. The van der Waals surface area contributed by atoms with Gasteiger partial charge in [-0.2, -0.15) is 0 Å². The highest BCUT2D eigenvalue weighted by Crippen LogP contribution is 2.26. The Balaban J connectivity index is 0.000000212. The van der Waals surface area contributed by atoms with Crippen LogP contribution < -0.4 is 0 Å². The number of benzene rings is 1. The second-order valence-electron chi connectivity index (χ2n) is 4.92. The van der Waals surface area contributed by atoms with E-state index in [0.29, 0.717) is 12.2 Å². The molecule has 2 aromatic rings. The van der Waals surface area contributed by atoms with Crippen LogP contribution in [0.3, 0.4) is 0 Å². The van der Waals surface area contributed by atoms with E-state index in [4.69, 9.17) is 5.11 Å². The first-order valence-electron chi connectivity index (χ1n) is 7.22. The molecular weight excluding hydrogens is 334 g/mol. The highest BCUT2D eigenvalue weighted by Gasteiger charge is 2.00. The SMILES string of the molecule is CCCCCCCC(=O)O.Oc1c[nH]c2cc(Br)ccc12. The first-order chi connectivity index (χ1) is 10.0. The van der Waals surface area contributed by atoms with E-state index in [1.165, 1.54) is 19.3 Å². The van der Waals surface area contributed by atoms with Crippen molar-refractivity contribution < 1.29 is 15.0 Å². The second kappa shape index (κ2) is 9.45. The highest BCUT2D eigenvalue weighted by atomic mass is 79.9. The van der Waals surface area contributed by atoms with E-state index >= 15 is 0 Å². The summed E-state index contributed by atoms with van der Waals surface area (Å²) < 4.78 is 1.01. The van der Waals surface area contributed by atoms with Gasteiger partial charge in [-0.1, -0.05) is 48.5 Å². The van der Waals surface area contributed by atoms with Crippen LogP contribution in [0.2, 0.25) is 0 Å². The number of rotatable bonds is 6. The molecule has 116 valence electrons. The molecule has 0 atom stereocenters. The number of fused-ring (bicyclic) bond motifs is 1. The Kier molecular flexibility index (Phi) is 7.90. The fourth-order valence-electron chi connectivity index (χ4n) is 1.96. The number of aromatic amines is 1. The molecule has 0 saturated heterocycles. The first kappa shape index (κ1) is 17.6. The molecule has 0 aliphatic carbocycles. The minimum atomic E-state index is -0.670. The van der Waals surface area contributed by atoms with Gasteiger partial charge in [-0.05, 0) is 24.6 Å². The molecule has 0 aliphatic heterocycles. The number of halogens is 1. The minimum Gasteiger partial charge on any atom is -0.506 e. The molecule has 0 radical (unpaired) electrons. The Morgan fingerprint density at radius 2 is 1.95 bits per heavy atom. The van der Waals surface area contributed by atoms with Gasteiger partial charge in [0.25, 0.3) is 0 Å². The number of hydrogen-bond donors (Lipinski definition) is 3. The van der Waals surface area contributed by atoms with Crippen LogP contribution in [0.25, 0.3) is 10.9 Å². The molecule has 1 aromatic carbocycles. The molecule has 0 fully saturated rings. The van der Waals surface area contributed by atoms with Gasteiger partial charge < -0.3 is 15.2 Å². The summed E-state index contributed by atoms with van der Waals surface area (Å²) in [6.45, 7) is 2.15. The lowest BCUT2D eigenvalue weighted by molar-refractivity contribution is -0.137. The first-order valence-corrected chi connectivity index (χ1v) is 8.01. The topological polar surface area (TPSA) is 73.3 Å². The lowest BCUT2D eigenvalue weighted by Crippen LogP contribution is -1.93. The molecule has 1 heterocycles. The van der Waals surface area contributed by atoms with Crippen LogP contribution >= 0.6 is 15.9 Å². The van der Waals surface area contributed by atoms with Crippen molar-refractivity contribution in [2.45, 2.75) is 45.4 Å². The van der Waals surface area contributed by atoms with Crippen LogP contribution in [0.5, 0.6) is 5.75 Å². The van der Waals surface area contributed by atoms with Crippen LogP contribution in [0.4, 0.5) is 0 Å². The molecule has 21 heavy (non-hydrogen) atoms. The van der Waals surface area contributed by atoms with Crippen LogP contribution in [-0.4, -0.2) is 21.2 Å². The number of aromatic hydroxyl groups is 1. The number of carboxylic acid groups (broad SMARTS) is 1. The van der Waals surface area contributed by atoms with Crippen molar-refractivity contribution in [1.29, 1.82) is 0 Å². The Hall–Kier alpha value is -1.49. The van der Waals surface area contributed by atoms with E-state index in [1.54, 1.807) is 6.20 Å². The Bertz CT molecular complexity index is 566. The third-order valence-electron chi connectivity index (χ3n) is 3.12. The number of unbranched alkanes of at least 4 members (excludes halogenated alkanes) is 4. The van der Waals surface area contributed by atoms with E-state index in [1.807, 2.05) is 18.2 Å². The third-order valence-corrected chi connectivity index (χ3v) is 3.61. The number of aromatic nitrogens is 1. The van der Waals surface area contributed by atoms with Gasteiger partial charge in [-0.3, -0.25) is 4.79 Å². The monoisotopic (exact) mass is 355 g/mol. The fourth-order valence-corrected chi connectivity index (χ4v) is 2.32. The number of hydrogen-bond acceptors (Lipinski definition) is 2. The van der Waals surface area contributed by atoms with Gasteiger partial charge in [0.15, 0.2) is 0 Å². The molecule has 2 rings (SSSR count). The molecule has 0 amide bonds. The summed E-state index contributed by atoms with van der Waals surface area (Å²) >= 11 is 3.34. The molecule has 0 spiro atoms. The average molecular weight is 356 g/mol. The summed E-state index contributed by atoms with van der Waals surface area (Å²) in [6, 6.07) is 5.69. The van der Waals surface area contributed by atoms with Crippen molar-refractivity contribution in [3.8, 4) is 5.75 Å². The van der Waals surface area contributed by atoms with Gasteiger partial charge in [-0.25, -0.2) is 0 Å². The average Bonchev–Trinajstić information content (AvgIpc) is 2.80. The van der Waals surface area contributed by atoms with Crippen molar-refractivity contribution in [2.24, 2.45) is 0 Å². The quantitative estimate of drug-likeness (QED) is 0.633. The van der Waals surface area contributed by atoms with E-state index in [-0.39, 0.29) is 0 Å². The third kappa shape index (κ3) is 6.67. The molecule has 0 saturated carbocycles. The van der Waals surface area contributed by atoms with Gasteiger partial charge in [0, 0.05) is 22.5 Å². The smallest absolute Gasteiger partial charge is 0.303 e. The van der Waals surface area contributed by atoms with E-state index in [0.717, 1.165) is 28.2 Å². The lowest BCUT2D eigenvalue weighted by Gasteiger charge is -1.95. The predicted octanol–water partition coefficient (Wildman–Crippen LogP) is 5.07. The molecular formula is C16H22BrNO3.